The van der Waals surface area contributed by atoms with Crippen molar-refractivity contribution >= 4 is 44.8 Å². The van der Waals surface area contributed by atoms with Crippen LogP contribution in [-0.4, -0.2) is 38.8 Å². The number of sulfonamides is 1. The van der Waals surface area contributed by atoms with Crippen LogP contribution in [0.15, 0.2) is 47.4 Å². The van der Waals surface area contributed by atoms with E-state index in [0.29, 0.717) is 24.3 Å². The molecule has 6 nitrogen and oxygen atoms in total. The van der Waals surface area contributed by atoms with Crippen LogP contribution in [0.2, 0.25) is 10.0 Å². The van der Waals surface area contributed by atoms with Gasteiger partial charge in [0.2, 0.25) is 15.9 Å². The molecule has 0 saturated carbocycles. The van der Waals surface area contributed by atoms with E-state index in [0.717, 1.165) is 0 Å². The van der Waals surface area contributed by atoms with Crippen LogP contribution in [0.25, 0.3) is 0 Å². The van der Waals surface area contributed by atoms with Crippen LogP contribution in [0.1, 0.15) is 12.8 Å². The molecule has 1 aliphatic heterocycles. The Bertz CT molecular complexity index is 974. The van der Waals surface area contributed by atoms with E-state index in [1.54, 1.807) is 37.4 Å². The predicted molar refractivity (Wildman–Crippen MR) is 110 cm³/mol. The van der Waals surface area contributed by atoms with Crippen molar-refractivity contribution < 1.29 is 17.9 Å². The summed E-state index contributed by atoms with van der Waals surface area (Å²) in [5, 5.41) is 3.07. The molecule has 0 unspecified atom stereocenters. The van der Waals surface area contributed by atoms with Gasteiger partial charge < -0.3 is 10.1 Å². The van der Waals surface area contributed by atoms with E-state index >= 15 is 0 Å². The summed E-state index contributed by atoms with van der Waals surface area (Å²) in [6.07, 6.45) is 0.848. The van der Waals surface area contributed by atoms with Crippen LogP contribution in [0.4, 0.5) is 5.69 Å². The van der Waals surface area contributed by atoms with Gasteiger partial charge in [-0.2, -0.15) is 4.31 Å². The van der Waals surface area contributed by atoms with Crippen LogP contribution in [0, 0.1) is 5.92 Å². The van der Waals surface area contributed by atoms with Crippen LogP contribution in [-0.2, 0) is 14.8 Å². The zero-order chi connectivity index (χ0) is 20.3. The van der Waals surface area contributed by atoms with Crippen molar-refractivity contribution in [1.29, 1.82) is 0 Å². The van der Waals surface area contributed by atoms with Crippen LogP contribution >= 0.6 is 23.2 Å². The summed E-state index contributed by atoms with van der Waals surface area (Å²) < 4.78 is 32.2. The van der Waals surface area contributed by atoms with Gasteiger partial charge in [0.05, 0.1) is 17.2 Å². The number of ether oxygens (including phenoxy) is 1. The average Bonchev–Trinajstić information content (AvgIpc) is 2.70. The molecule has 28 heavy (non-hydrogen) atoms. The Morgan fingerprint density at radius 3 is 2.50 bits per heavy atom. The third-order valence-electron chi connectivity index (χ3n) is 4.70. The number of benzene rings is 2. The highest BCUT2D eigenvalue weighted by Gasteiger charge is 2.33. The molecular weight excluding hydrogens is 423 g/mol. The molecule has 0 bridgehead atoms. The number of methoxy groups -OCH3 is 1. The Kier molecular flexibility index (Phi) is 6.50. The first kappa shape index (κ1) is 20.9. The number of hydrogen-bond donors (Lipinski definition) is 1. The van der Waals surface area contributed by atoms with Crippen molar-refractivity contribution in [2.75, 3.05) is 25.5 Å². The Labute approximate surface area is 174 Å². The summed E-state index contributed by atoms with van der Waals surface area (Å²) in [4.78, 5) is 12.5. The van der Waals surface area contributed by atoms with Crippen molar-refractivity contribution in [2.24, 2.45) is 5.92 Å². The van der Waals surface area contributed by atoms with Gasteiger partial charge in [0.1, 0.15) is 10.6 Å². The van der Waals surface area contributed by atoms with Crippen LogP contribution in [0.5, 0.6) is 5.75 Å². The number of nitrogens with zero attached hydrogens (tertiary/aromatic N) is 1. The van der Waals surface area contributed by atoms with E-state index in [2.05, 4.69) is 5.32 Å². The van der Waals surface area contributed by atoms with E-state index in [9.17, 15) is 13.2 Å². The molecule has 3 rings (SSSR count). The second-order valence-electron chi connectivity index (χ2n) is 6.45. The van der Waals surface area contributed by atoms with Gasteiger partial charge in [-0.1, -0.05) is 35.3 Å². The highest BCUT2D eigenvalue weighted by atomic mass is 35.5. The molecule has 0 aliphatic carbocycles. The maximum absolute atomic E-state index is 12.9. The molecule has 1 fully saturated rings. The maximum Gasteiger partial charge on any atom is 0.244 e. The topological polar surface area (TPSA) is 75.7 Å². The number of hydrogen-bond acceptors (Lipinski definition) is 4. The average molecular weight is 443 g/mol. The van der Waals surface area contributed by atoms with Gasteiger partial charge in [-0.25, -0.2) is 8.42 Å². The van der Waals surface area contributed by atoms with Crippen molar-refractivity contribution in [1.82, 2.24) is 4.31 Å². The first-order valence-electron chi connectivity index (χ1n) is 8.72. The van der Waals surface area contributed by atoms with Gasteiger partial charge in [0.15, 0.2) is 0 Å². The fourth-order valence-corrected chi connectivity index (χ4v) is 5.33. The summed E-state index contributed by atoms with van der Waals surface area (Å²) >= 11 is 12.0. The zero-order valence-electron chi connectivity index (χ0n) is 15.2. The van der Waals surface area contributed by atoms with Gasteiger partial charge in [-0.3, -0.25) is 4.79 Å². The molecule has 0 spiro atoms. The highest BCUT2D eigenvalue weighted by Crippen LogP contribution is 2.32. The number of nitrogens with one attached hydrogen (secondary N) is 1. The minimum absolute atomic E-state index is 0.0130. The molecule has 0 atom stereocenters. The van der Waals surface area contributed by atoms with E-state index in [4.69, 9.17) is 27.9 Å². The first-order chi connectivity index (χ1) is 13.3. The third kappa shape index (κ3) is 4.43. The number of piperidine rings is 1. The summed E-state index contributed by atoms with van der Waals surface area (Å²) in [6, 6.07) is 11.6. The molecule has 2 aromatic carbocycles. The molecule has 9 heteroatoms. The minimum atomic E-state index is -3.76. The molecule has 0 radical (unpaired) electrons. The maximum atomic E-state index is 12.9. The molecule has 1 amide bonds. The monoisotopic (exact) mass is 442 g/mol. The van der Waals surface area contributed by atoms with Crippen molar-refractivity contribution in [3.63, 3.8) is 0 Å². The Balaban J connectivity index is 1.65. The van der Waals surface area contributed by atoms with E-state index in [1.165, 1.54) is 16.4 Å². The fourth-order valence-electron chi connectivity index (χ4n) is 3.13. The van der Waals surface area contributed by atoms with E-state index in [1.807, 2.05) is 0 Å². The largest absolute Gasteiger partial charge is 0.497 e. The van der Waals surface area contributed by atoms with Crippen LogP contribution < -0.4 is 10.1 Å². The summed E-state index contributed by atoms with van der Waals surface area (Å²) in [5.74, 6) is 0.246. The molecule has 1 N–H and O–H groups in total. The summed E-state index contributed by atoms with van der Waals surface area (Å²) in [6.45, 7) is 0.475. The van der Waals surface area contributed by atoms with Gasteiger partial charge >= 0.3 is 0 Å². The predicted octanol–water partition coefficient (Wildman–Crippen LogP) is 4.04. The van der Waals surface area contributed by atoms with Crippen LogP contribution in [0.3, 0.4) is 0 Å². The summed E-state index contributed by atoms with van der Waals surface area (Å²) in [7, 11) is -2.20. The van der Waals surface area contributed by atoms with Gasteiger partial charge in [0, 0.05) is 30.8 Å². The van der Waals surface area contributed by atoms with Crippen molar-refractivity contribution in [3.8, 4) is 5.75 Å². The second-order valence-corrected chi connectivity index (χ2v) is 9.14. The number of halogens is 2. The smallest absolute Gasteiger partial charge is 0.244 e. The molecular formula is C19H20Cl2N2O4S. The standard InChI is InChI=1S/C19H20Cl2N2O4S/c1-27-15-5-2-4-14(12-15)22-19(24)13-8-10-23(11-9-13)28(25,26)17-7-3-6-16(20)18(17)21/h2-7,12-13H,8-11H2,1H3,(H,22,24). The number of anilines is 1. The van der Waals surface area contributed by atoms with E-state index in [-0.39, 0.29) is 39.9 Å². The number of rotatable bonds is 5. The lowest BCUT2D eigenvalue weighted by Crippen LogP contribution is -2.41. The fraction of sp³-hybridized carbons (Fsp3) is 0.316. The van der Waals surface area contributed by atoms with Gasteiger partial charge in [-0.15, -0.1) is 0 Å². The zero-order valence-corrected chi connectivity index (χ0v) is 17.5. The lowest BCUT2D eigenvalue weighted by molar-refractivity contribution is -0.120. The Hall–Kier alpha value is -1.80. The Morgan fingerprint density at radius 1 is 1.14 bits per heavy atom. The Morgan fingerprint density at radius 2 is 1.82 bits per heavy atom. The molecule has 1 aliphatic rings. The molecule has 2 aromatic rings. The molecule has 1 heterocycles. The van der Waals surface area contributed by atoms with E-state index < -0.39 is 10.0 Å². The lowest BCUT2D eigenvalue weighted by Gasteiger charge is -2.30. The molecule has 1 saturated heterocycles. The van der Waals surface area contributed by atoms with Gasteiger partial charge in [0.25, 0.3) is 0 Å². The quantitative estimate of drug-likeness (QED) is 0.757. The highest BCUT2D eigenvalue weighted by molar-refractivity contribution is 7.89. The van der Waals surface area contributed by atoms with Crippen molar-refractivity contribution in [2.45, 2.75) is 17.7 Å². The second kappa shape index (κ2) is 8.69. The lowest BCUT2D eigenvalue weighted by atomic mass is 9.97. The third-order valence-corrected chi connectivity index (χ3v) is 7.57. The number of amides is 1. The van der Waals surface area contributed by atoms with Gasteiger partial charge in [-0.05, 0) is 37.1 Å². The number of carbonyl (C=O) groups is 1. The first-order valence-corrected chi connectivity index (χ1v) is 10.9. The molecule has 150 valence electrons. The SMILES string of the molecule is COc1cccc(NC(=O)C2CCN(S(=O)(=O)c3cccc(Cl)c3Cl)CC2)c1. The minimum Gasteiger partial charge on any atom is -0.497 e. The molecule has 0 aromatic heterocycles. The van der Waals surface area contributed by atoms with Crippen molar-refractivity contribution in [3.05, 3.63) is 52.5 Å². The number of carbonyl (C=O) groups excluding carboxylic acids is 1. The normalized spacial score (nSPS) is 16.0. The summed E-state index contributed by atoms with van der Waals surface area (Å²) in [5.41, 5.74) is 0.644.